The zero-order valence-electron chi connectivity index (χ0n) is 9.06. The fourth-order valence-corrected chi connectivity index (χ4v) is 2.96. The van der Waals surface area contributed by atoms with Crippen molar-refractivity contribution in [1.29, 1.82) is 0 Å². The summed E-state index contributed by atoms with van der Waals surface area (Å²) in [6.07, 6.45) is 4.05. The minimum Gasteiger partial charge on any atom is -0.383 e. The molecule has 0 aromatic rings. The molecule has 0 bridgehead atoms. The molecule has 1 atom stereocenters. The average Bonchev–Trinajstić information content (AvgIpc) is 2.60. The third-order valence-electron chi connectivity index (χ3n) is 3.33. The lowest BCUT2D eigenvalue weighted by Crippen LogP contribution is -2.44. The van der Waals surface area contributed by atoms with Crippen LogP contribution in [0.25, 0.3) is 0 Å². The third-order valence-corrected chi connectivity index (χ3v) is 4.22. The van der Waals surface area contributed by atoms with Crippen LogP contribution in [0.15, 0.2) is 0 Å². The highest BCUT2D eigenvalue weighted by Crippen LogP contribution is 2.24. The van der Waals surface area contributed by atoms with Gasteiger partial charge in [0.15, 0.2) is 0 Å². The van der Waals surface area contributed by atoms with Crippen LogP contribution in [0.2, 0.25) is 0 Å². The quantitative estimate of drug-likeness (QED) is 0.694. The largest absolute Gasteiger partial charge is 0.383 e. The Morgan fingerprint density at radius 2 is 1.93 bits per heavy atom. The fourth-order valence-electron chi connectivity index (χ4n) is 2.39. The Morgan fingerprint density at radius 1 is 1.27 bits per heavy atom. The molecule has 0 spiro atoms. The van der Waals surface area contributed by atoms with E-state index in [0.717, 1.165) is 32.5 Å². The second-order valence-electron chi connectivity index (χ2n) is 4.18. The smallest absolute Gasteiger partial charge is 0.251 e. The highest BCUT2D eigenvalue weighted by atomic mass is 32.2. The number of amides is 1. The molecule has 0 saturated carbocycles. The zero-order chi connectivity index (χ0) is 10.8. The summed E-state index contributed by atoms with van der Waals surface area (Å²) < 4.78 is 2.33. The van der Waals surface area contributed by atoms with Gasteiger partial charge in [0.2, 0.25) is 0 Å². The summed E-state index contributed by atoms with van der Waals surface area (Å²) in [5, 5.41) is 9.39. The lowest BCUT2D eigenvalue weighted by Gasteiger charge is -2.35. The molecule has 86 valence electrons. The van der Waals surface area contributed by atoms with E-state index in [4.69, 9.17) is 0 Å². The van der Waals surface area contributed by atoms with Crippen LogP contribution in [-0.2, 0) is 4.79 Å². The highest BCUT2D eigenvalue weighted by Gasteiger charge is 2.35. The highest BCUT2D eigenvalue weighted by molar-refractivity contribution is 7.96. The lowest BCUT2D eigenvalue weighted by atomic mass is 10.1. The maximum Gasteiger partial charge on any atom is 0.251 e. The van der Waals surface area contributed by atoms with Gasteiger partial charge in [0.1, 0.15) is 6.10 Å². The van der Waals surface area contributed by atoms with Crippen LogP contribution in [0.3, 0.4) is 0 Å². The van der Waals surface area contributed by atoms with Crippen LogP contribution in [0.4, 0.5) is 0 Å². The molecule has 15 heavy (non-hydrogen) atoms. The summed E-state index contributed by atoms with van der Waals surface area (Å²) in [7, 11) is 0. The number of hydrogen-bond acceptors (Lipinski definition) is 4. The number of carbonyl (C=O) groups excluding carboxylic acids is 1. The number of carbonyl (C=O) groups is 1. The van der Waals surface area contributed by atoms with E-state index in [-0.39, 0.29) is 5.91 Å². The molecule has 1 unspecified atom stereocenters. The lowest BCUT2D eigenvalue weighted by molar-refractivity contribution is -0.136. The zero-order valence-corrected chi connectivity index (χ0v) is 9.87. The predicted molar refractivity (Wildman–Crippen MR) is 60.4 cm³/mol. The molecule has 0 aliphatic carbocycles. The maximum atomic E-state index is 11.6. The predicted octanol–water partition coefficient (Wildman–Crippen LogP) is 0.322. The topological polar surface area (TPSA) is 43.8 Å². The third kappa shape index (κ3) is 2.29. The molecule has 1 amide bonds. The summed E-state index contributed by atoms with van der Waals surface area (Å²) >= 11 is 1.77. The molecule has 0 radical (unpaired) electrons. The molecule has 1 N–H and O–H groups in total. The van der Waals surface area contributed by atoms with Gasteiger partial charge in [0.05, 0.1) is 0 Å². The number of hydrogen-bond donors (Lipinski definition) is 1. The van der Waals surface area contributed by atoms with Crippen LogP contribution in [0.1, 0.15) is 19.3 Å². The van der Waals surface area contributed by atoms with E-state index >= 15 is 0 Å². The van der Waals surface area contributed by atoms with Crippen molar-refractivity contribution >= 4 is 17.9 Å². The van der Waals surface area contributed by atoms with Gasteiger partial charge in [0, 0.05) is 25.7 Å². The van der Waals surface area contributed by atoms with Crippen molar-refractivity contribution in [1.82, 2.24) is 9.21 Å². The minimum absolute atomic E-state index is 0.0578. The van der Waals surface area contributed by atoms with Crippen LogP contribution < -0.4 is 0 Å². The van der Waals surface area contributed by atoms with E-state index in [1.54, 1.807) is 11.9 Å². The van der Waals surface area contributed by atoms with Crippen molar-refractivity contribution in [3.8, 4) is 0 Å². The summed E-state index contributed by atoms with van der Waals surface area (Å²) in [6.45, 7) is 2.83. The molecule has 5 heteroatoms. The minimum atomic E-state index is -0.733. The van der Waals surface area contributed by atoms with Crippen molar-refractivity contribution in [3.05, 3.63) is 0 Å². The molecular formula is C10H18N2O2S. The van der Waals surface area contributed by atoms with Gasteiger partial charge in [-0.2, -0.15) is 0 Å². The number of piperidine rings is 1. The summed E-state index contributed by atoms with van der Waals surface area (Å²) in [4.78, 5) is 13.5. The molecule has 2 saturated heterocycles. The van der Waals surface area contributed by atoms with Crippen molar-refractivity contribution in [2.24, 2.45) is 0 Å². The van der Waals surface area contributed by atoms with E-state index in [1.807, 2.05) is 4.90 Å². The normalized spacial score (nSPS) is 30.1. The fraction of sp³-hybridized carbons (Fsp3) is 0.900. The summed E-state index contributed by atoms with van der Waals surface area (Å²) in [5.74, 6) is -0.0578. The molecule has 2 aliphatic heterocycles. The van der Waals surface area contributed by atoms with Gasteiger partial charge in [-0.05, 0) is 25.5 Å². The first-order valence-electron chi connectivity index (χ1n) is 5.50. The Bertz CT molecular complexity index is 242. The number of rotatable bonds is 2. The van der Waals surface area contributed by atoms with E-state index < -0.39 is 6.10 Å². The first-order valence-corrected chi connectivity index (χ1v) is 6.68. The average molecular weight is 230 g/mol. The molecule has 4 nitrogen and oxygen atoms in total. The Kier molecular flexibility index (Phi) is 3.53. The van der Waals surface area contributed by atoms with Gasteiger partial charge in [-0.25, -0.2) is 0 Å². The number of aliphatic hydroxyl groups is 1. The van der Waals surface area contributed by atoms with E-state index in [0.29, 0.717) is 12.5 Å². The van der Waals surface area contributed by atoms with E-state index in [9.17, 15) is 9.90 Å². The van der Waals surface area contributed by atoms with Crippen molar-refractivity contribution in [3.63, 3.8) is 0 Å². The van der Waals surface area contributed by atoms with Crippen molar-refractivity contribution < 1.29 is 9.90 Å². The second-order valence-corrected chi connectivity index (χ2v) is 5.06. The Balaban J connectivity index is 1.88. The standard InChI is InChI=1S/C10H18N2O2S/c1-15-11-5-2-8(3-6-11)12-7-4-9(13)10(12)14/h8-9,13H,2-7H2,1H3. The first kappa shape index (κ1) is 11.2. The van der Waals surface area contributed by atoms with Crippen LogP contribution >= 0.6 is 11.9 Å². The Labute approximate surface area is 94.7 Å². The molecule has 2 heterocycles. The number of nitrogens with zero attached hydrogens (tertiary/aromatic N) is 2. The van der Waals surface area contributed by atoms with Crippen LogP contribution in [-0.4, -0.2) is 58.3 Å². The molecule has 0 aromatic heterocycles. The van der Waals surface area contributed by atoms with Gasteiger partial charge < -0.3 is 10.0 Å². The van der Waals surface area contributed by atoms with Gasteiger partial charge in [0.25, 0.3) is 5.91 Å². The molecular weight excluding hydrogens is 212 g/mol. The Morgan fingerprint density at radius 3 is 2.40 bits per heavy atom. The van der Waals surface area contributed by atoms with Gasteiger partial charge >= 0.3 is 0 Å². The Hall–Kier alpha value is -0.260. The van der Waals surface area contributed by atoms with E-state index in [2.05, 4.69) is 10.6 Å². The van der Waals surface area contributed by atoms with Crippen LogP contribution in [0.5, 0.6) is 0 Å². The summed E-state index contributed by atoms with van der Waals surface area (Å²) in [6, 6.07) is 0.359. The van der Waals surface area contributed by atoms with Crippen molar-refractivity contribution in [2.45, 2.75) is 31.4 Å². The number of likely N-dealkylation sites (tertiary alicyclic amines) is 1. The molecule has 0 aromatic carbocycles. The first-order chi connectivity index (χ1) is 7.22. The van der Waals surface area contributed by atoms with Gasteiger partial charge in [-0.1, -0.05) is 11.9 Å². The maximum absolute atomic E-state index is 11.6. The SMILES string of the molecule is CSN1CCC(N2CCC(O)C2=O)CC1. The van der Waals surface area contributed by atoms with Gasteiger partial charge in [-0.15, -0.1) is 0 Å². The molecule has 2 rings (SSSR count). The van der Waals surface area contributed by atoms with E-state index in [1.165, 1.54) is 0 Å². The number of aliphatic hydroxyl groups excluding tert-OH is 1. The van der Waals surface area contributed by atoms with Gasteiger partial charge in [-0.3, -0.25) is 9.10 Å². The molecule has 2 aliphatic rings. The van der Waals surface area contributed by atoms with Crippen LogP contribution in [0, 0.1) is 0 Å². The van der Waals surface area contributed by atoms with Crippen molar-refractivity contribution in [2.75, 3.05) is 25.9 Å². The monoisotopic (exact) mass is 230 g/mol. The second kappa shape index (κ2) is 4.72. The summed E-state index contributed by atoms with van der Waals surface area (Å²) in [5.41, 5.74) is 0. The molecule has 2 fully saturated rings.